The predicted octanol–water partition coefficient (Wildman–Crippen LogP) is 3.28. The van der Waals surface area contributed by atoms with E-state index in [-0.39, 0.29) is 11.5 Å². The topological polar surface area (TPSA) is 71.1 Å². The molecule has 0 radical (unpaired) electrons. The molecule has 5 nitrogen and oxygen atoms in total. The zero-order valence-corrected chi connectivity index (χ0v) is 13.8. The van der Waals surface area contributed by atoms with Gasteiger partial charge in [0.1, 0.15) is 5.82 Å². The number of aryl methyl sites for hydroxylation is 4. The standard InChI is InChI=1S/C18H18FN3O2/c1-9-6-10(2)20-11(3)17(9)22-18(24)13-7-12-4-5-16(23)21-15(12)8-14(13)19/h6-8H,4-5H2,1-3H3,(H,21,23)(H,22,24). The normalized spacial score (nSPS) is 13.2. The van der Waals surface area contributed by atoms with Crippen molar-refractivity contribution in [1.29, 1.82) is 0 Å². The van der Waals surface area contributed by atoms with E-state index in [0.29, 0.717) is 29.9 Å². The highest BCUT2D eigenvalue weighted by molar-refractivity contribution is 6.06. The minimum absolute atomic E-state index is 0.0377. The number of benzene rings is 1. The van der Waals surface area contributed by atoms with Crippen LogP contribution in [0, 0.1) is 26.6 Å². The predicted molar refractivity (Wildman–Crippen MR) is 89.8 cm³/mol. The molecule has 2 amide bonds. The van der Waals surface area contributed by atoms with E-state index in [1.165, 1.54) is 12.1 Å². The third-order valence-corrected chi connectivity index (χ3v) is 4.10. The van der Waals surface area contributed by atoms with Crippen molar-refractivity contribution in [2.24, 2.45) is 0 Å². The second-order valence-corrected chi connectivity index (χ2v) is 6.03. The third-order valence-electron chi connectivity index (χ3n) is 4.10. The number of amides is 2. The quantitative estimate of drug-likeness (QED) is 0.889. The van der Waals surface area contributed by atoms with Crippen LogP contribution in [0.3, 0.4) is 0 Å². The van der Waals surface area contributed by atoms with Gasteiger partial charge in [0.05, 0.1) is 16.9 Å². The molecule has 0 saturated carbocycles. The molecule has 124 valence electrons. The molecule has 6 heteroatoms. The molecule has 0 spiro atoms. The molecule has 0 atom stereocenters. The summed E-state index contributed by atoms with van der Waals surface area (Å²) in [5.41, 5.74) is 4.17. The molecule has 1 aliphatic rings. The molecule has 3 rings (SSSR count). The molecule has 0 unspecified atom stereocenters. The zero-order chi connectivity index (χ0) is 17.4. The molecule has 24 heavy (non-hydrogen) atoms. The highest BCUT2D eigenvalue weighted by Crippen LogP contribution is 2.27. The molecule has 0 fully saturated rings. The number of nitrogens with zero attached hydrogens (tertiary/aromatic N) is 1. The lowest BCUT2D eigenvalue weighted by Gasteiger charge is -2.18. The summed E-state index contributed by atoms with van der Waals surface area (Å²) < 4.78 is 14.3. The van der Waals surface area contributed by atoms with Crippen LogP contribution in [0.15, 0.2) is 18.2 Å². The van der Waals surface area contributed by atoms with Gasteiger partial charge >= 0.3 is 0 Å². The number of nitrogens with one attached hydrogen (secondary N) is 2. The number of aromatic nitrogens is 1. The van der Waals surface area contributed by atoms with Crippen LogP contribution in [-0.4, -0.2) is 16.8 Å². The Morgan fingerprint density at radius 2 is 1.96 bits per heavy atom. The number of pyridine rings is 1. The molecule has 1 aliphatic heterocycles. The first-order chi connectivity index (χ1) is 11.3. The monoisotopic (exact) mass is 327 g/mol. The maximum atomic E-state index is 14.3. The number of rotatable bonds is 2. The minimum atomic E-state index is -0.663. The van der Waals surface area contributed by atoms with Gasteiger partial charge in [0.15, 0.2) is 0 Å². The largest absolute Gasteiger partial charge is 0.326 e. The molecule has 0 saturated heterocycles. The number of halogens is 1. The van der Waals surface area contributed by atoms with Gasteiger partial charge in [0, 0.05) is 17.8 Å². The van der Waals surface area contributed by atoms with Crippen LogP contribution in [0.5, 0.6) is 0 Å². The highest BCUT2D eigenvalue weighted by Gasteiger charge is 2.21. The third kappa shape index (κ3) is 2.99. The molecule has 2 heterocycles. The fourth-order valence-electron chi connectivity index (χ4n) is 2.97. The molecule has 0 bridgehead atoms. The van der Waals surface area contributed by atoms with E-state index < -0.39 is 11.7 Å². The van der Waals surface area contributed by atoms with Crippen LogP contribution in [0.2, 0.25) is 0 Å². The van der Waals surface area contributed by atoms with E-state index >= 15 is 0 Å². The summed E-state index contributed by atoms with van der Waals surface area (Å²) in [6.07, 6.45) is 0.825. The Labute approximate surface area is 139 Å². The zero-order valence-electron chi connectivity index (χ0n) is 13.8. The Morgan fingerprint density at radius 1 is 1.21 bits per heavy atom. The first kappa shape index (κ1) is 16.1. The number of anilines is 2. The Bertz CT molecular complexity index is 839. The fourth-order valence-corrected chi connectivity index (χ4v) is 2.97. The lowest BCUT2D eigenvalue weighted by molar-refractivity contribution is -0.116. The summed E-state index contributed by atoms with van der Waals surface area (Å²) >= 11 is 0. The first-order valence-corrected chi connectivity index (χ1v) is 7.73. The Kier molecular flexibility index (Phi) is 4.05. The Morgan fingerprint density at radius 3 is 2.67 bits per heavy atom. The van der Waals surface area contributed by atoms with Crippen molar-refractivity contribution < 1.29 is 14.0 Å². The number of carbonyl (C=O) groups is 2. The lowest BCUT2D eigenvalue weighted by atomic mass is 9.99. The maximum absolute atomic E-state index is 14.3. The van der Waals surface area contributed by atoms with Gasteiger partial charge < -0.3 is 10.6 Å². The first-order valence-electron chi connectivity index (χ1n) is 7.73. The molecule has 0 aliphatic carbocycles. The van der Waals surface area contributed by atoms with Crippen molar-refractivity contribution in [3.63, 3.8) is 0 Å². The average Bonchev–Trinajstić information content (AvgIpc) is 2.49. The van der Waals surface area contributed by atoms with Crippen LogP contribution >= 0.6 is 0 Å². The number of hydrogen-bond donors (Lipinski definition) is 2. The van der Waals surface area contributed by atoms with Gasteiger partial charge in [-0.3, -0.25) is 14.6 Å². The molecule has 1 aromatic heterocycles. The second kappa shape index (κ2) is 6.03. The van der Waals surface area contributed by atoms with Gasteiger partial charge in [-0.05, 0) is 56.5 Å². The second-order valence-electron chi connectivity index (χ2n) is 6.03. The van der Waals surface area contributed by atoms with Gasteiger partial charge in [0.25, 0.3) is 5.91 Å². The van der Waals surface area contributed by atoms with Gasteiger partial charge in [-0.2, -0.15) is 0 Å². The summed E-state index contributed by atoms with van der Waals surface area (Å²) in [7, 11) is 0. The highest BCUT2D eigenvalue weighted by atomic mass is 19.1. The van der Waals surface area contributed by atoms with Crippen LogP contribution < -0.4 is 10.6 Å². The summed E-state index contributed by atoms with van der Waals surface area (Å²) in [6, 6.07) is 4.57. The minimum Gasteiger partial charge on any atom is -0.326 e. The summed E-state index contributed by atoms with van der Waals surface area (Å²) in [5.74, 6) is -1.33. The molecule has 2 aromatic rings. The lowest BCUT2D eigenvalue weighted by Crippen LogP contribution is -2.21. The number of carbonyl (C=O) groups excluding carboxylic acids is 2. The van der Waals surface area contributed by atoms with Gasteiger partial charge in [-0.15, -0.1) is 0 Å². The van der Waals surface area contributed by atoms with Crippen LogP contribution in [0.4, 0.5) is 15.8 Å². The van der Waals surface area contributed by atoms with E-state index in [1.807, 2.05) is 19.9 Å². The van der Waals surface area contributed by atoms with E-state index in [2.05, 4.69) is 15.6 Å². The fraction of sp³-hybridized carbons (Fsp3) is 0.278. The van der Waals surface area contributed by atoms with Crippen molar-refractivity contribution in [2.75, 3.05) is 10.6 Å². The Hall–Kier alpha value is -2.76. The van der Waals surface area contributed by atoms with Crippen molar-refractivity contribution in [3.8, 4) is 0 Å². The summed E-state index contributed by atoms with van der Waals surface area (Å²) in [5, 5.41) is 5.37. The van der Waals surface area contributed by atoms with E-state index in [0.717, 1.165) is 16.8 Å². The van der Waals surface area contributed by atoms with Gasteiger partial charge in [0.2, 0.25) is 5.91 Å². The van der Waals surface area contributed by atoms with Crippen LogP contribution in [0.25, 0.3) is 0 Å². The Balaban J connectivity index is 1.93. The molecule has 2 N–H and O–H groups in total. The van der Waals surface area contributed by atoms with Crippen molar-refractivity contribution in [1.82, 2.24) is 4.98 Å². The number of fused-ring (bicyclic) bond motifs is 1. The summed E-state index contributed by atoms with van der Waals surface area (Å²) in [6.45, 7) is 5.55. The van der Waals surface area contributed by atoms with Crippen molar-refractivity contribution in [3.05, 3.63) is 52.1 Å². The van der Waals surface area contributed by atoms with Crippen LogP contribution in [0.1, 0.15) is 39.3 Å². The molecular formula is C18H18FN3O2. The van der Waals surface area contributed by atoms with E-state index in [9.17, 15) is 14.0 Å². The van der Waals surface area contributed by atoms with Gasteiger partial charge in [-0.25, -0.2) is 4.39 Å². The van der Waals surface area contributed by atoms with Gasteiger partial charge in [-0.1, -0.05) is 0 Å². The molecule has 1 aromatic carbocycles. The van der Waals surface area contributed by atoms with Crippen molar-refractivity contribution in [2.45, 2.75) is 33.6 Å². The maximum Gasteiger partial charge on any atom is 0.258 e. The SMILES string of the molecule is Cc1cc(C)c(NC(=O)c2cc3c(cc2F)NC(=O)CC3)c(C)n1. The van der Waals surface area contributed by atoms with E-state index in [1.54, 1.807) is 6.92 Å². The van der Waals surface area contributed by atoms with Crippen molar-refractivity contribution >= 4 is 23.2 Å². The van der Waals surface area contributed by atoms with Crippen LogP contribution in [-0.2, 0) is 11.2 Å². The number of hydrogen-bond acceptors (Lipinski definition) is 3. The summed E-state index contributed by atoms with van der Waals surface area (Å²) in [4.78, 5) is 28.2. The van der Waals surface area contributed by atoms with E-state index in [4.69, 9.17) is 0 Å². The smallest absolute Gasteiger partial charge is 0.258 e. The molecular weight excluding hydrogens is 309 g/mol. The average molecular weight is 327 g/mol.